The van der Waals surface area contributed by atoms with E-state index < -0.39 is 11.9 Å². The van der Waals surface area contributed by atoms with Gasteiger partial charge in [0.05, 0.1) is 0 Å². The van der Waals surface area contributed by atoms with E-state index in [1.807, 2.05) is 0 Å². The van der Waals surface area contributed by atoms with Crippen molar-refractivity contribution >= 4 is 17.8 Å². The van der Waals surface area contributed by atoms with Crippen molar-refractivity contribution in [3.63, 3.8) is 0 Å². The number of nitrogens with zero attached hydrogens (tertiary/aromatic N) is 1. The summed E-state index contributed by atoms with van der Waals surface area (Å²) in [6.45, 7) is 0.371. The van der Waals surface area contributed by atoms with Crippen LogP contribution in [0.3, 0.4) is 0 Å². The molecule has 1 aromatic rings. The summed E-state index contributed by atoms with van der Waals surface area (Å²) in [5.41, 5.74) is 16.6. The Morgan fingerprint density at radius 2 is 1.83 bits per heavy atom. The normalized spacial score (nSPS) is 11.5. The molecule has 1 atom stereocenters. The summed E-state index contributed by atoms with van der Waals surface area (Å²) in [5.74, 6) is -0.692. The molecule has 0 saturated carbocycles. The molecule has 1 aromatic carbocycles. The number of benzene rings is 1. The number of amides is 2. The van der Waals surface area contributed by atoms with Crippen LogP contribution in [-0.2, 0) is 16.0 Å². The number of nitrogens with one attached hydrogen (secondary N) is 1. The zero-order valence-electron chi connectivity index (χ0n) is 12.9. The van der Waals surface area contributed by atoms with Crippen molar-refractivity contribution in [2.75, 3.05) is 6.54 Å². The molecule has 126 valence electrons. The summed E-state index contributed by atoms with van der Waals surface area (Å²) in [4.78, 5) is 27.1. The zero-order chi connectivity index (χ0) is 17.2. The van der Waals surface area contributed by atoms with Gasteiger partial charge in [0.25, 0.3) is 0 Å². The minimum atomic E-state index is -0.739. The van der Waals surface area contributed by atoms with E-state index in [-0.39, 0.29) is 24.0 Å². The predicted octanol–water partition coefficient (Wildman–Crippen LogP) is -0.651. The first-order chi connectivity index (χ1) is 10.9. The van der Waals surface area contributed by atoms with Gasteiger partial charge >= 0.3 is 0 Å². The quantitative estimate of drug-likeness (QED) is 0.232. The van der Waals surface area contributed by atoms with E-state index in [9.17, 15) is 14.7 Å². The molecule has 8 nitrogen and oxygen atoms in total. The molecule has 0 unspecified atom stereocenters. The smallest absolute Gasteiger partial charge is 0.240 e. The Balaban J connectivity index is 2.39. The summed E-state index contributed by atoms with van der Waals surface area (Å²) >= 11 is 0. The van der Waals surface area contributed by atoms with E-state index in [2.05, 4.69) is 10.3 Å². The summed E-state index contributed by atoms with van der Waals surface area (Å²) in [6, 6.07) is 5.86. The molecule has 2 amide bonds. The van der Waals surface area contributed by atoms with E-state index in [0.717, 1.165) is 5.56 Å². The highest BCUT2D eigenvalue weighted by Gasteiger charge is 2.17. The lowest BCUT2D eigenvalue weighted by Gasteiger charge is -2.15. The van der Waals surface area contributed by atoms with Gasteiger partial charge in [-0.25, -0.2) is 0 Å². The van der Waals surface area contributed by atoms with E-state index in [1.165, 1.54) is 0 Å². The van der Waals surface area contributed by atoms with E-state index in [1.54, 1.807) is 24.3 Å². The maximum absolute atomic E-state index is 11.9. The van der Waals surface area contributed by atoms with Gasteiger partial charge in [0.1, 0.15) is 11.8 Å². The number of guanidine groups is 1. The van der Waals surface area contributed by atoms with Crippen LogP contribution in [0.2, 0.25) is 0 Å². The Kier molecular flexibility index (Phi) is 7.38. The number of carbonyl (C=O) groups excluding carboxylic acids is 2. The second kappa shape index (κ2) is 9.29. The van der Waals surface area contributed by atoms with Crippen LogP contribution in [0.1, 0.15) is 24.8 Å². The Morgan fingerprint density at radius 3 is 2.39 bits per heavy atom. The van der Waals surface area contributed by atoms with Gasteiger partial charge < -0.3 is 27.6 Å². The molecule has 23 heavy (non-hydrogen) atoms. The Bertz CT molecular complexity index is 553. The van der Waals surface area contributed by atoms with E-state index >= 15 is 0 Å². The van der Waals surface area contributed by atoms with Crippen molar-refractivity contribution < 1.29 is 14.7 Å². The number of hydrogen-bond acceptors (Lipinski definition) is 4. The van der Waals surface area contributed by atoms with Crippen LogP contribution in [-0.4, -0.2) is 35.5 Å². The number of primary amides is 1. The highest BCUT2D eigenvalue weighted by Crippen LogP contribution is 2.11. The number of hydrogen-bond donors (Lipinski definition) is 5. The SMILES string of the molecule is NC(=O)[C@H](CCCN=C(N)N)NC(=O)CCc1ccc(O)cc1. The van der Waals surface area contributed by atoms with Gasteiger partial charge in [-0.1, -0.05) is 12.1 Å². The molecular weight excluding hydrogens is 298 g/mol. The molecule has 0 heterocycles. The number of aryl methyl sites for hydroxylation is 1. The molecule has 8 N–H and O–H groups in total. The summed E-state index contributed by atoms with van der Waals surface area (Å²) in [6.07, 6.45) is 1.63. The topological polar surface area (TPSA) is 157 Å². The lowest BCUT2D eigenvalue weighted by atomic mass is 10.1. The van der Waals surface area contributed by atoms with Gasteiger partial charge in [0, 0.05) is 13.0 Å². The van der Waals surface area contributed by atoms with Crippen LogP contribution in [0.15, 0.2) is 29.3 Å². The summed E-state index contributed by atoms with van der Waals surface area (Å²) in [7, 11) is 0. The fourth-order valence-corrected chi connectivity index (χ4v) is 1.98. The zero-order valence-corrected chi connectivity index (χ0v) is 12.9. The van der Waals surface area contributed by atoms with Crippen LogP contribution >= 0.6 is 0 Å². The number of nitrogens with two attached hydrogens (primary N) is 3. The molecule has 0 fully saturated rings. The number of aromatic hydroxyl groups is 1. The molecule has 8 heteroatoms. The Hall–Kier alpha value is -2.77. The first-order valence-corrected chi connectivity index (χ1v) is 7.30. The highest BCUT2D eigenvalue weighted by atomic mass is 16.3. The average molecular weight is 321 g/mol. The molecular formula is C15H23N5O3. The molecule has 0 aliphatic heterocycles. The van der Waals surface area contributed by atoms with Gasteiger partial charge in [0.2, 0.25) is 11.8 Å². The first-order valence-electron chi connectivity index (χ1n) is 7.30. The lowest BCUT2D eigenvalue weighted by molar-refractivity contribution is -0.127. The molecule has 0 aliphatic rings. The van der Waals surface area contributed by atoms with Crippen LogP contribution in [0.25, 0.3) is 0 Å². The van der Waals surface area contributed by atoms with Gasteiger partial charge in [-0.2, -0.15) is 0 Å². The van der Waals surface area contributed by atoms with Gasteiger partial charge in [0.15, 0.2) is 5.96 Å². The molecule has 1 rings (SSSR count). The van der Waals surface area contributed by atoms with Crippen LogP contribution < -0.4 is 22.5 Å². The molecule has 0 bridgehead atoms. The average Bonchev–Trinajstić information content (AvgIpc) is 2.49. The standard InChI is InChI=1S/C15H23N5O3/c16-14(23)12(2-1-9-19-15(17)18)20-13(22)8-5-10-3-6-11(21)7-4-10/h3-4,6-7,12,21H,1-2,5,8-9H2,(H2,16,23)(H,20,22)(H4,17,18,19)/t12-/m0/s1. The van der Waals surface area contributed by atoms with E-state index in [0.29, 0.717) is 25.8 Å². The number of phenolic OH excluding ortho intramolecular Hbond substituents is 1. The van der Waals surface area contributed by atoms with Crippen molar-refractivity contribution in [1.29, 1.82) is 0 Å². The molecule has 0 aromatic heterocycles. The number of carbonyl (C=O) groups is 2. The summed E-state index contributed by atoms with van der Waals surface area (Å²) < 4.78 is 0. The largest absolute Gasteiger partial charge is 0.508 e. The van der Waals surface area contributed by atoms with Crippen molar-refractivity contribution in [3.8, 4) is 5.75 Å². The molecule has 0 saturated heterocycles. The number of aliphatic imine (C=N–C) groups is 1. The number of rotatable bonds is 9. The Labute approximate surface area is 134 Å². The minimum Gasteiger partial charge on any atom is -0.508 e. The number of phenols is 1. The third-order valence-corrected chi connectivity index (χ3v) is 3.20. The fourth-order valence-electron chi connectivity index (χ4n) is 1.98. The van der Waals surface area contributed by atoms with Gasteiger partial charge in [-0.15, -0.1) is 0 Å². The van der Waals surface area contributed by atoms with Crippen molar-refractivity contribution in [1.82, 2.24) is 5.32 Å². The minimum absolute atomic E-state index is 0.0152. The van der Waals surface area contributed by atoms with Crippen LogP contribution in [0.5, 0.6) is 5.75 Å². The van der Waals surface area contributed by atoms with Gasteiger partial charge in [-0.3, -0.25) is 14.6 Å². The maximum atomic E-state index is 11.9. The van der Waals surface area contributed by atoms with Crippen LogP contribution in [0, 0.1) is 0 Å². The second-order valence-electron chi connectivity index (χ2n) is 5.14. The summed E-state index contributed by atoms with van der Waals surface area (Å²) in [5, 5.41) is 11.8. The van der Waals surface area contributed by atoms with Crippen molar-refractivity contribution in [3.05, 3.63) is 29.8 Å². The predicted molar refractivity (Wildman–Crippen MR) is 87.5 cm³/mol. The molecule has 0 spiro atoms. The third-order valence-electron chi connectivity index (χ3n) is 3.20. The lowest BCUT2D eigenvalue weighted by Crippen LogP contribution is -2.44. The van der Waals surface area contributed by atoms with Crippen LogP contribution in [0.4, 0.5) is 0 Å². The van der Waals surface area contributed by atoms with Gasteiger partial charge in [-0.05, 0) is 37.0 Å². The maximum Gasteiger partial charge on any atom is 0.240 e. The first kappa shape index (κ1) is 18.3. The molecule has 0 radical (unpaired) electrons. The van der Waals surface area contributed by atoms with Crippen molar-refractivity contribution in [2.45, 2.75) is 31.7 Å². The second-order valence-corrected chi connectivity index (χ2v) is 5.14. The highest BCUT2D eigenvalue weighted by molar-refractivity contribution is 5.86. The molecule has 0 aliphatic carbocycles. The van der Waals surface area contributed by atoms with Crippen molar-refractivity contribution in [2.24, 2.45) is 22.2 Å². The fraction of sp³-hybridized carbons (Fsp3) is 0.400. The third kappa shape index (κ3) is 7.70. The Morgan fingerprint density at radius 1 is 1.17 bits per heavy atom. The monoisotopic (exact) mass is 321 g/mol. The van der Waals surface area contributed by atoms with E-state index in [4.69, 9.17) is 17.2 Å².